The summed E-state index contributed by atoms with van der Waals surface area (Å²) in [5, 5.41) is 22.2. The van der Waals surface area contributed by atoms with Gasteiger partial charge in [0.15, 0.2) is 11.7 Å². The van der Waals surface area contributed by atoms with Crippen LogP contribution in [-0.4, -0.2) is 76.3 Å². The molecule has 0 unspecified atom stereocenters. The first-order valence-corrected chi connectivity index (χ1v) is 16.7. The Bertz CT molecular complexity index is 1380. The van der Waals surface area contributed by atoms with E-state index >= 15 is 0 Å². The van der Waals surface area contributed by atoms with Crippen molar-refractivity contribution in [1.29, 1.82) is 0 Å². The van der Waals surface area contributed by atoms with E-state index in [9.17, 15) is 29.4 Å². The third-order valence-electron chi connectivity index (χ3n) is 8.83. The summed E-state index contributed by atoms with van der Waals surface area (Å²) in [5.41, 5.74) is 23.8. The number of hydrogen-bond acceptors (Lipinski definition) is 8. The number of nitrogens with one attached hydrogen (secondary N) is 1. The van der Waals surface area contributed by atoms with Crippen molar-refractivity contribution in [2.75, 3.05) is 19.6 Å². The number of aryl methyl sites for hydroxylation is 1. The number of benzene rings is 2. The number of hydrogen-bond donors (Lipinski definition) is 7. The molecule has 0 radical (unpaired) electrons. The van der Waals surface area contributed by atoms with E-state index in [4.69, 9.17) is 22.9 Å². The molecule has 1 fully saturated rings. The van der Waals surface area contributed by atoms with Crippen LogP contribution in [0.1, 0.15) is 81.3 Å². The second-order valence-electron chi connectivity index (χ2n) is 12.5. The molecule has 2 aromatic carbocycles. The van der Waals surface area contributed by atoms with Crippen molar-refractivity contribution >= 4 is 29.5 Å². The number of aromatic hydroxyl groups is 2. The van der Waals surface area contributed by atoms with Crippen molar-refractivity contribution in [3.63, 3.8) is 0 Å². The molecule has 4 atom stereocenters. The summed E-state index contributed by atoms with van der Waals surface area (Å²) in [6, 6.07) is 11.9. The van der Waals surface area contributed by atoms with Crippen LogP contribution in [-0.2, 0) is 25.6 Å². The van der Waals surface area contributed by atoms with Gasteiger partial charge < -0.3 is 43.4 Å². The number of ketones is 1. The Kier molecular flexibility index (Phi) is 15.2. The van der Waals surface area contributed by atoms with E-state index in [0.29, 0.717) is 70.9 Å². The number of unbranched alkanes of at least 4 members (excludes halogenated alkanes) is 1. The highest BCUT2D eigenvalue weighted by Crippen LogP contribution is 2.31. The van der Waals surface area contributed by atoms with Crippen molar-refractivity contribution < 1.29 is 29.4 Å². The van der Waals surface area contributed by atoms with Gasteiger partial charge in [-0.3, -0.25) is 24.2 Å². The molecule has 0 bridgehead atoms. The molecule has 1 saturated heterocycles. The monoisotopic (exact) mass is 665 g/mol. The van der Waals surface area contributed by atoms with Gasteiger partial charge in [-0.05, 0) is 99.7 Å². The number of Topliss-reactive ketones (excluding diaryl/α,β-unsaturated/α-hetero) is 1. The number of amides is 3. The Labute approximate surface area is 282 Å². The number of nitrogens with two attached hydrogens (primary N) is 4. The van der Waals surface area contributed by atoms with E-state index in [0.717, 1.165) is 11.1 Å². The third kappa shape index (κ3) is 11.9. The summed E-state index contributed by atoms with van der Waals surface area (Å²) in [6.45, 7) is 1.13. The van der Waals surface area contributed by atoms with Crippen LogP contribution in [0.3, 0.4) is 0 Å². The number of guanidine groups is 1. The molecule has 1 heterocycles. The van der Waals surface area contributed by atoms with E-state index in [1.165, 1.54) is 0 Å². The molecule has 48 heavy (non-hydrogen) atoms. The summed E-state index contributed by atoms with van der Waals surface area (Å²) in [7, 11) is 0. The number of carbonyl (C=O) groups excluding carboxylic acids is 4. The molecule has 2 aromatic rings. The topological polar surface area (TPSA) is 240 Å². The van der Waals surface area contributed by atoms with Crippen LogP contribution in [0.4, 0.5) is 0 Å². The fourth-order valence-electron chi connectivity index (χ4n) is 6.20. The Morgan fingerprint density at radius 3 is 2.17 bits per heavy atom. The summed E-state index contributed by atoms with van der Waals surface area (Å²) >= 11 is 0. The first-order chi connectivity index (χ1) is 23.0. The van der Waals surface area contributed by atoms with Crippen molar-refractivity contribution in [2.45, 2.75) is 88.6 Å². The zero-order valence-electron chi connectivity index (χ0n) is 27.6. The Balaban J connectivity index is 1.73. The van der Waals surface area contributed by atoms with E-state index in [-0.39, 0.29) is 48.5 Å². The lowest BCUT2D eigenvalue weighted by Gasteiger charge is -2.29. The average molecular weight is 666 g/mol. The fourth-order valence-corrected chi connectivity index (χ4v) is 6.20. The van der Waals surface area contributed by atoms with Crippen LogP contribution >= 0.6 is 0 Å². The first-order valence-electron chi connectivity index (χ1n) is 16.7. The number of likely N-dealkylation sites (tertiary alicyclic amines) is 1. The van der Waals surface area contributed by atoms with Crippen LogP contribution in [0, 0.1) is 5.92 Å². The van der Waals surface area contributed by atoms with E-state index in [1.54, 1.807) is 41.3 Å². The van der Waals surface area contributed by atoms with Gasteiger partial charge in [-0.25, -0.2) is 0 Å². The van der Waals surface area contributed by atoms with Crippen LogP contribution in [0.2, 0.25) is 0 Å². The van der Waals surface area contributed by atoms with Gasteiger partial charge in [0.2, 0.25) is 17.7 Å². The fraction of sp³-hybridized carbons (Fsp3) is 0.514. The van der Waals surface area contributed by atoms with Gasteiger partial charge in [-0.1, -0.05) is 30.7 Å². The maximum Gasteiger partial charge on any atom is 0.240 e. The molecular weight excluding hydrogens is 614 g/mol. The van der Waals surface area contributed by atoms with Crippen LogP contribution in [0.5, 0.6) is 11.5 Å². The molecule has 1 aliphatic heterocycles. The van der Waals surface area contributed by atoms with E-state index < -0.39 is 35.7 Å². The summed E-state index contributed by atoms with van der Waals surface area (Å²) in [5.74, 6) is -2.56. The zero-order chi connectivity index (χ0) is 35.1. The molecule has 0 aromatic heterocycles. The van der Waals surface area contributed by atoms with Gasteiger partial charge in [0, 0.05) is 25.4 Å². The highest BCUT2D eigenvalue weighted by molar-refractivity contribution is 5.95. The number of phenols is 2. The number of aliphatic imine (C=N–C) groups is 1. The molecule has 3 amide bonds. The van der Waals surface area contributed by atoms with Gasteiger partial charge in [0.05, 0.1) is 12.0 Å². The van der Waals surface area contributed by atoms with Crippen molar-refractivity contribution in [3.05, 3.63) is 59.7 Å². The highest BCUT2D eigenvalue weighted by Gasteiger charge is 2.39. The maximum absolute atomic E-state index is 14.2. The Morgan fingerprint density at radius 2 is 1.54 bits per heavy atom. The summed E-state index contributed by atoms with van der Waals surface area (Å²) in [6.07, 6.45) is 5.29. The van der Waals surface area contributed by atoms with Crippen molar-refractivity contribution in [1.82, 2.24) is 10.2 Å². The summed E-state index contributed by atoms with van der Waals surface area (Å²) in [4.78, 5) is 59.1. The first kappa shape index (κ1) is 37.8. The number of primary amides is 1. The van der Waals surface area contributed by atoms with Crippen molar-refractivity contribution in [3.8, 4) is 11.5 Å². The molecule has 1 aliphatic rings. The zero-order valence-corrected chi connectivity index (χ0v) is 27.6. The maximum atomic E-state index is 14.2. The third-order valence-corrected chi connectivity index (χ3v) is 8.83. The molecule has 11 N–H and O–H groups in total. The van der Waals surface area contributed by atoms with Gasteiger partial charge in [-0.15, -0.1) is 0 Å². The Morgan fingerprint density at radius 1 is 0.875 bits per heavy atom. The molecule has 3 rings (SSSR count). The normalized spacial score (nSPS) is 16.1. The average Bonchev–Trinajstić information content (AvgIpc) is 3.55. The largest absolute Gasteiger partial charge is 0.508 e. The number of carbonyl (C=O) groups is 4. The predicted octanol–water partition coefficient (Wildman–Crippen LogP) is 1.92. The van der Waals surface area contributed by atoms with Gasteiger partial charge >= 0.3 is 0 Å². The molecule has 0 saturated carbocycles. The minimum absolute atomic E-state index is 0.0731. The van der Waals surface area contributed by atoms with Crippen LogP contribution in [0.15, 0.2) is 53.5 Å². The van der Waals surface area contributed by atoms with E-state index in [1.807, 2.05) is 12.1 Å². The second-order valence-corrected chi connectivity index (χ2v) is 12.5. The molecule has 0 spiro atoms. The molecular formula is C35H51N7O6. The lowest BCUT2D eigenvalue weighted by Crippen LogP contribution is -2.48. The van der Waals surface area contributed by atoms with Gasteiger partial charge in [0.25, 0.3) is 0 Å². The lowest BCUT2D eigenvalue weighted by atomic mass is 9.89. The second kappa shape index (κ2) is 19.2. The number of rotatable bonds is 20. The molecule has 13 nitrogen and oxygen atoms in total. The van der Waals surface area contributed by atoms with Crippen molar-refractivity contribution in [2.24, 2.45) is 33.8 Å². The quantitative estimate of drug-likeness (QED) is 0.0620. The summed E-state index contributed by atoms with van der Waals surface area (Å²) < 4.78 is 0. The van der Waals surface area contributed by atoms with Crippen LogP contribution in [0.25, 0.3) is 0 Å². The standard InChI is InChI=1S/C35H51N7O6/c36-19-2-1-7-25(33(47)41-29(32(37)46)9-4-20-40-35(38)39)22-31(45)30-10-5-21-42(30)34(48)28(24-13-17-27(44)18-14-24)8-3-6-23-11-15-26(43)16-12-23/h11-18,25,28-30,43-44H,1-10,19-22,36H2,(H2,37,46)(H,41,47)(H4,38,39,40)/t25-,28+,29+,30+/m1/s1. The van der Waals surface area contributed by atoms with E-state index in [2.05, 4.69) is 10.3 Å². The lowest BCUT2D eigenvalue weighted by molar-refractivity contribution is -0.140. The minimum atomic E-state index is -0.948. The van der Waals surface area contributed by atoms with Crippen LogP contribution < -0.4 is 28.3 Å². The Hall–Kier alpha value is -4.65. The molecule has 13 heteroatoms. The smallest absolute Gasteiger partial charge is 0.240 e. The van der Waals surface area contributed by atoms with Gasteiger partial charge in [-0.2, -0.15) is 0 Å². The molecule has 0 aliphatic carbocycles. The predicted molar refractivity (Wildman–Crippen MR) is 184 cm³/mol. The van der Waals surface area contributed by atoms with Gasteiger partial charge in [0.1, 0.15) is 17.5 Å². The number of nitrogens with zero attached hydrogens (tertiary/aromatic N) is 2. The highest BCUT2D eigenvalue weighted by atomic mass is 16.3. The minimum Gasteiger partial charge on any atom is -0.508 e. The molecule has 262 valence electrons. The number of phenolic OH excluding ortho intramolecular Hbond substituents is 2. The SMILES string of the molecule is NCCCC[C@H](CC(=O)[C@@H]1CCCN1C(=O)[C@@H](CCCc1ccc(O)cc1)c1ccc(O)cc1)C(=O)N[C@@H](CCCN=C(N)N)C(N)=O.